The summed E-state index contributed by atoms with van der Waals surface area (Å²) < 4.78 is 0. The Bertz CT molecular complexity index is 728. The Morgan fingerprint density at radius 2 is 1.87 bits per heavy atom. The zero-order valence-electron chi connectivity index (χ0n) is 14.5. The maximum atomic E-state index is 12.0. The van der Waals surface area contributed by atoms with Crippen molar-refractivity contribution in [3.8, 4) is 0 Å². The Morgan fingerprint density at radius 3 is 2.43 bits per heavy atom. The molecule has 0 atom stereocenters. The number of amides is 1. The summed E-state index contributed by atoms with van der Waals surface area (Å²) in [4.78, 5) is 16.3. The van der Waals surface area contributed by atoms with Gasteiger partial charge < -0.3 is 5.32 Å². The number of benzene rings is 1. The number of hydrogen-bond acceptors (Lipinski definition) is 2. The number of nitrogens with zero attached hydrogens (tertiary/aromatic N) is 1. The molecule has 118 valence electrons. The van der Waals surface area contributed by atoms with Crippen molar-refractivity contribution in [2.24, 2.45) is 0 Å². The number of rotatable bonds is 3. The molecule has 0 radical (unpaired) electrons. The molecule has 0 aliphatic carbocycles. The van der Waals surface area contributed by atoms with Gasteiger partial charge in [0.05, 0.1) is 0 Å². The topological polar surface area (TPSA) is 42.0 Å². The van der Waals surface area contributed by atoms with E-state index in [0.717, 1.165) is 16.6 Å². The Kier molecular flexibility index (Phi) is 5.04. The molecule has 0 saturated carbocycles. The van der Waals surface area contributed by atoms with Crippen LogP contribution in [0.2, 0.25) is 0 Å². The quantitative estimate of drug-likeness (QED) is 0.699. The van der Waals surface area contributed by atoms with Gasteiger partial charge in [-0.15, -0.1) is 0 Å². The van der Waals surface area contributed by atoms with Crippen LogP contribution in [0.5, 0.6) is 0 Å². The smallest absolute Gasteiger partial charge is 0.249 e. The van der Waals surface area contributed by atoms with Crippen molar-refractivity contribution in [3.05, 3.63) is 59.3 Å². The molecule has 1 N–H and O–H groups in total. The summed E-state index contributed by atoms with van der Waals surface area (Å²) in [6.07, 6.45) is 5.09. The third-order valence-electron chi connectivity index (χ3n) is 3.66. The summed E-state index contributed by atoms with van der Waals surface area (Å²) in [7, 11) is 1.94. The molecule has 23 heavy (non-hydrogen) atoms. The minimum absolute atomic E-state index is 0.133. The number of aromatic nitrogens is 1. The molecule has 0 aliphatic rings. The second-order valence-corrected chi connectivity index (χ2v) is 6.87. The van der Waals surface area contributed by atoms with Crippen LogP contribution in [0, 0.1) is 6.92 Å². The second kappa shape index (κ2) is 6.82. The predicted molar refractivity (Wildman–Crippen MR) is 100.0 cm³/mol. The lowest BCUT2D eigenvalue weighted by Gasteiger charge is -2.18. The molecule has 0 spiro atoms. The van der Waals surface area contributed by atoms with Gasteiger partial charge in [-0.25, -0.2) is 4.98 Å². The first kappa shape index (κ1) is 17.0. The summed E-state index contributed by atoms with van der Waals surface area (Å²) in [6.45, 7) is 8.53. The third kappa shape index (κ3) is 4.81. The Labute approximate surface area is 139 Å². The van der Waals surface area contributed by atoms with Crippen molar-refractivity contribution < 1.29 is 4.79 Å². The Balaban J connectivity index is 2.03. The molecule has 1 heterocycles. The highest BCUT2D eigenvalue weighted by molar-refractivity contribution is 6.36. The number of anilines is 1. The van der Waals surface area contributed by atoms with E-state index in [2.05, 4.69) is 43.2 Å². The lowest BCUT2D eigenvalue weighted by molar-refractivity contribution is -0.111. The Morgan fingerprint density at radius 1 is 1.22 bits per heavy atom. The van der Waals surface area contributed by atoms with E-state index < -0.39 is 0 Å². The maximum Gasteiger partial charge on any atom is 0.249 e. The molecule has 3 nitrogen and oxygen atoms in total. The zero-order chi connectivity index (χ0) is 17.0. The molecule has 1 aromatic heterocycles. The molecule has 0 bridgehead atoms. The summed E-state index contributed by atoms with van der Waals surface area (Å²) in [6, 6.07) is 10.3. The van der Waals surface area contributed by atoms with Gasteiger partial charge in [0, 0.05) is 12.3 Å². The molecular formula is C19H23BN2O. The van der Waals surface area contributed by atoms with Gasteiger partial charge in [-0.2, -0.15) is 0 Å². The fourth-order valence-corrected chi connectivity index (χ4v) is 2.27. The molecule has 0 saturated heterocycles. The summed E-state index contributed by atoms with van der Waals surface area (Å²) >= 11 is 0. The number of aryl methyl sites for hydroxylation is 1. The molecule has 1 aromatic carbocycles. The van der Waals surface area contributed by atoms with Crippen molar-refractivity contribution in [2.75, 3.05) is 5.32 Å². The summed E-state index contributed by atoms with van der Waals surface area (Å²) in [5, 5.41) is 2.81. The number of hydrogen-bond donors (Lipinski definition) is 1. The number of carbonyl (C=O) groups excluding carboxylic acids is 1. The van der Waals surface area contributed by atoms with Gasteiger partial charge in [0.25, 0.3) is 0 Å². The minimum atomic E-state index is -0.177. The van der Waals surface area contributed by atoms with Gasteiger partial charge in [0.2, 0.25) is 5.91 Å². The van der Waals surface area contributed by atoms with Crippen LogP contribution < -0.4 is 10.8 Å². The number of nitrogens with one attached hydrogen (secondary N) is 1. The van der Waals surface area contributed by atoms with Crippen LogP contribution in [0.3, 0.4) is 0 Å². The van der Waals surface area contributed by atoms with E-state index in [9.17, 15) is 4.79 Å². The fourth-order valence-electron chi connectivity index (χ4n) is 2.27. The van der Waals surface area contributed by atoms with Crippen LogP contribution in [0.25, 0.3) is 6.08 Å². The Hall–Kier alpha value is -2.36. The SMILES string of the molecule is Bc1cc(C)cnc1NC(=O)/C=C/c1ccc(C(C)(C)C)cc1. The van der Waals surface area contributed by atoms with Gasteiger partial charge in [0.15, 0.2) is 0 Å². The normalized spacial score (nSPS) is 11.7. The van der Waals surface area contributed by atoms with Crippen LogP contribution >= 0.6 is 0 Å². The molecule has 0 aliphatic heterocycles. The van der Waals surface area contributed by atoms with E-state index in [1.807, 2.05) is 39.0 Å². The van der Waals surface area contributed by atoms with Crippen LogP contribution in [0.4, 0.5) is 5.82 Å². The van der Waals surface area contributed by atoms with Crippen LogP contribution in [0.1, 0.15) is 37.5 Å². The predicted octanol–water partition coefficient (Wildman–Crippen LogP) is 2.60. The van der Waals surface area contributed by atoms with Gasteiger partial charge in [-0.1, -0.05) is 51.1 Å². The maximum absolute atomic E-state index is 12.0. The first-order valence-electron chi connectivity index (χ1n) is 7.78. The van der Waals surface area contributed by atoms with Gasteiger partial charge >= 0.3 is 0 Å². The molecule has 0 unspecified atom stereocenters. The zero-order valence-corrected chi connectivity index (χ0v) is 14.5. The summed E-state index contributed by atoms with van der Waals surface area (Å²) in [5.74, 6) is 0.428. The van der Waals surface area contributed by atoms with Crippen molar-refractivity contribution in [3.63, 3.8) is 0 Å². The van der Waals surface area contributed by atoms with E-state index in [4.69, 9.17) is 0 Å². The van der Waals surface area contributed by atoms with Gasteiger partial charge in [0.1, 0.15) is 13.7 Å². The van der Waals surface area contributed by atoms with E-state index in [1.54, 1.807) is 6.20 Å². The number of carbonyl (C=O) groups is 1. The second-order valence-electron chi connectivity index (χ2n) is 6.87. The lowest BCUT2D eigenvalue weighted by atomic mass is 9.87. The average molecular weight is 306 g/mol. The first-order valence-corrected chi connectivity index (χ1v) is 7.78. The molecular weight excluding hydrogens is 283 g/mol. The highest BCUT2D eigenvalue weighted by Gasteiger charge is 2.12. The van der Waals surface area contributed by atoms with Gasteiger partial charge in [-0.3, -0.25) is 4.79 Å². The van der Waals surface area contributed by atoms with Crippen LogP contribution in [-0.2, 0) is 10.2 Å². The van der Waals surface area contributed by atoms with Crippen LogP contribution in [-0.4, -0.2) is 18.7 Å². The van der Waals surface area contributed by atoms with Crippen molar-refractivity contribution in [2.45, 2.75) is 33.1 Å². The highest BCUT2D eigenvalue weighted by Crippen LogP contribution is 2.22. The van der Waals surface area contributed by atoms with Gasteiger partial charge in [-0.05, 0) is 40.6 Å². The first-order chi connectivity index (χ1) is 10.8. The van der Waals surface area contributed by atoms with Crippen molar-refractivity contribution >= 4 is 31.1 Å². The van der Waals surface area contributed by atoms with E-state index in [1.165, 1.54) is 11.6 Å². The molecule has 4 heteroatoms. The largest absolute Gasteiger partial charge is 0.308 e. The number of pyridine rings is 1. The molecule has 0 fully saturated rings. The van der Waals surface area contributed by atoms with Crippen molar-refractivity contribution in [1.82, 2.24) is 4.98 Å². The molecule has 2 rings (SSSR count). The van der Waals surface area contributed by atoms with Crippen molar-refractivity contribution in [1.29, 1.82) is 0 Å². The van der Waals surface area contributed by atoms with E-state index in [0.29, 0.717) is 5.82 Å². The van der Waals surface area contributed by atoms with E-state index in [-0.39, 0.29) is 11.3 Å². The fraction of sp³-hybridized carbons (Fsp3) is 0.263. The average Bonchev–Trinajstić information content (AvgIpc) is 2.47. The summed E-state index contributed by atoms with van der Waals surface area (Å²) in [5.41, 5.74) is 4.45. The standard InChI is InChI=1S/C19H23BN2O/c1-13-11-16(20)18(21-12-13)22-17(23)10-7-14-5-8-15(9-6-14)19(2,3)4/h5-12H,20H2,1-4H3,(H,21,22,23)/b10-7+. The third-order valence-corrected chi connectivity index (χ3v) is 3.66. The minimum Gasteiger partial charge on any atom is -0.308 e. The monoisotopic (exact) mass is 306 g/mol. The lowest BCUT2D eigenvalue weighted by Crippen LogP contribution is -2.18. The highest BCUT2D eigenvalue weighted by atomic mass is 16.1. The van der Waals surface area contributed by atoms with E-state index >= 15 is 0 Å². The molecule has 1 amide bonds. The van der Waals surface area contributed by atoms with Crippen LogP contribution in [0.15, 0.2) is 42.6 Å². The molecule has 2 aromatic rings.